The monoisotopic (exact) mass is 199 g/mol. The lowest BCUT2D eigenvalue weighted by Gasteiger charge is -2.34. The first-order chi connectivity index (χ1) is 6.65. The maximum absolute atomic E-state index is 11.7. The Labute approximate surface area is 86.2 Å². The van der Waals surface area contributed by atoms with Crippen molar-refractivity contribution < 1.29 is 4.79 Å². The van der Waals surface area contributed by atoms with E-state index in [2.05, 4.69) is 5.32 Å². The molecule has 0 saturated carbocycles. The summed E-state index contributed by atoms with van der Waals surface area (Å²) in [5, 5.41) is 3.17. The van der Waals surface area contributed by atoms with Gasteiger partial charge in [0.25, 0.3) is 0 Å². The van der Waals surface area contributed by atoms with E-state index in [4.69, 9.17) is 0 Å². The topological polar surface area (TPSA) is 35.6 Å². The van der Waals surface area contributed by atoms with Crippen LogP contribution in [-0.2, 0) is 0 Å². The maximum Gasteiger partial charge on any atom is 0.319 e. The average Bonchev–Trinajstić information content (AvgIpc) is 2.17. The van der Waals surface area contributed by atoms with Crippen LogP contribution in [0.25, 0.3) is 0 Å². The summed E-state index contributed by atoms with van der Waals surface area (Å²) in [5.41, 5.74) is 0. The Morgan fingerprint density at radius 1 is 1.57 bits per heavy atom. The van der Waals surface area contributed by atoms with Crippen molar-refractivity contribution in [3.05, 3.63) is 0 Å². The molecule has 14 heavy (non-hydrogen) atoms. The first-order valence-corrected chi connectivity index (χ1v) is 5.26. The first kappa shape index (κ1) is 11.3. The molecule has 1 atom stereocenters. The highest BCUT2D eigenvalue weighted by atomic mass is 16.2. The van der Waals surface area contributed by atoms with E-state index in [0.717, 1.165) is 26.1 Å². The van der Waals surface area contributed by atoms with E-state index in [9.17, 15) is 4.79 Å². The summed E-state index contributed by atoms with van der Waals surface area (Å²) in [7, 11) is 5.58. The van der Waals surface area contributed by atoms with E-state index in [1.165, 1.54) is 6.42 Å². The Balaban J connectivity index is 2.43. The molecule has 0 aliphatic carbocycles. The summed E-state index contributed by atoms with van der Waals surface area (Å²) in [6.07, 6.45) is 2.37. The van der Waals surface area contributed by atoms with Gasteiger partial charge in [-0.1, -0.05) is 0 Å². The minimum Gasteiger partial charge on any atom is -0.331 e. The third-order valence-corrected chi connectivity index (χ3v) is 2.66. The van der Waals surface area contributed by atoms with Gasteiger partial charge in [-0.05, 0) is 32.4 Å². The molecule has 0 aromatic carbocycles. The van der Waals surface area contributed by atoms with Crippen LogP contribution in [0.5, 0.6) is 0 Å². The summed E-state index contributed by atoms with van der Waals surface area (Å²) in [4.78, 5) is 15.3. The number of hydrogen-bond acceptors (Lipinski definition) is 2. The highest BCUT2D eigenvalue weighted by Gasteiger charge is 2.23. The molecule has 0 bridgehead atoms. The molecule has 1 unspecified atom stereocenters. The molecule has 82 valence electrons. The number of rotatable bonds is 2. The van der Waals surface area contributed by atoms with Gasteiger partial charge in [-0.15, -0.1) is 0 Å². The smallest absolute Gasteiger partial charge is 0.319 e. The number of piperidine rings is 1. The molecule has 1 aliphatic rings. The van der Waals surface area contributed by atoms with Gasteiger partial charge in [0.05, 0.1) is 0 Å². The molecule has 1 heterocycles. The van der Waals surface area contributed by atoms with Gasteiger partial charge in [0.2, 0.25) is 0 Å². The summed E-state index contributed by atoms with van der Waals surface area (Å²) in [6.45, 7) is 2.83. The second kappa shape index (κ2) is 5.20. The van der Waals surface area contributed by atoms with Crippen molar-refractivity contribution in [1.29, 1.82) is 0 Å². The van der Waals surface area contributed by atoms with Crippen LogP contribution < -0.4 is 5.32 Å². The van der Waals surface area contributed by atoms with Crippen LogP contribution in [0.2, 0.25) is 0 Å². The van der Waals surface area contributed by atoms with Crippen molar-refractivity contribution in [2.45, 2.75) is 12.8 Å². The quantitative estimate of drug-likeness (QED) is 0.707. The molecule has 0 spiro atoms. The number of likely N-dealkylation sites (tertiary alicyclic amines) is 1. The number of carbonyl (C=O) groups excluding carboxylic acids is 1. The second-order valence-corrected chi connectivity index (χ2v) is 4.19. The highest BCUT2D eigenvalue weighted by Crippen LogP contribution is 2.16. The Morgan fingerprint density at radius 3 is 2.86 bits per heavy atom. The lowest BCUT2D eigenvalue weighted by Crippen LogP contribution is -2.46. The fraction of sp³-hybridized carbons (Fsp3) is 0.900. The zero-order chi connectivity index (χ0) is 10.6. The van der Waals surface area contributed by atoms with Gasteiger partial charge in [0.15, 0.2) is 0 Å². The van der Waals surface area contributed by atoms with Crippen LogP contribution in [-0.4, -0.2) is 56.6 Å². The third kappa shape index (κ3) is 2.87. The van der Waals surface area contributed by atoms with Gasteiger partial charge in [-0.2, -0.15) is 0 Å². The summed E-state index contributed by atoms with van der Waals surface area (Å²) >= 11 is 0. The molecular formula is C10H21N3O. The van der Waals surface area contributed by atoms with Crippen LogP contribution in [0, 0.1) is 5.92 Å². The molecular weight excluding hydrogens is 178 g/mol. The van der Waals surface area contributed by atoms with Gasteiger partial charge in [0, 0.05) is 27.2 Å². The third-order valence-electron chi connectivity index (χ3n) is 2.66. The average molecular weight is 199 g/mol. The zero-order valence-corrected chi connectivity index (χ0v) is 9.42. The Kier molecular flexibility index (Phi) is 4.20. The van der Waals surface area contributed by atoms with Crippen molar-refractivity contribution in [3.63, 3.8) is 0 Å². The van der Waals surface area contributed by atoms with Crippen LogP contribution in [0.4, 0.5) is 4.79 Å². The van der Waals surface area contributed by atoms with E-state index >= 15 is 0 Å². The van der Waals surface area contributed by atoms with Gasteiger partial charge in [0.1, 0.15) is 0 Å². The number of nitrogens with zero attached hydrogens (tertiary/aromatic N) is 2. The maximum atomic E-state index is 11.7. The largest absolute Gasteiger partial charge is 0.331 e. The molecule has 0 radical (unpaired) electrons. The Bertz CT molecular complexity index is 192. The van der Waals surface area contributed by atoms with E-state index in [-0.39, 0.29) is 6.03 Å². The number of carbonyl (C=O) groups is 1. The van der Waals surface area contributed by atoms with Crippen molar-refractivity contribution in [3.8, 4) is 0 Å². The first-order valence-electron chi connectivity index (χ1n) is 5.26. The van der Waals surface area contributed by atoms with Crippen molar-refractivity contribution in [1.82, 2.24) is 15.1 Å². The molecule has 1 saturated heterocycles. The number of nitrogens with one attached hydrogen (secondary N) is 1. The standard InChI is InChI=1S/C10H21N3O/c1-11-7-9-5-4-6-13(8-9)10(14)12(2)3/h9,11H,4-8H2,1-3H3. The lowest BCUT2D eigenvalue weighted by atomic mass is 9.98. The van der Waals surface area contributed by atoms with Gasteiger partial charge < -0.3 is 15.1 Å². The molecule has 4 nitrogen and oxygen atoms in total. The molecule has 1 rings (SSSR count). The second-order valence-electron chi connectivity index (χ2n) is 4.19. The molecule has 2 amide bonds. The summed E-state index contributed by atoms with van der Waals surface area (Å²) in [5.74, 6) is 0.623. The molecule has 1 N–H and O–H groups in total. The van der Waals surface area contributed by atoms with Crippen LogP contribution in [0.15, 0.2) is 0 Å². The Hall–Kier alpha value is -0.770. The molecule has 0 aromatic rings. The fourth-order valence-corrected chi connectivity index (χ4v) is 1.98. The van der Waals surface area contributed by atoms with Crippen LogP contribution >= 0.6 is 0 Å². The van der Waals surface area contributed by atoms with Gasteiger partial charge >= 0.3 is 6.03 Å². The van der Waals surface area contributed by atoms with Gasteiger partial charge in [-0.25, -0.2) is 4.79 Å². The van der Waals surface area contributed by atoms with E-state index < -0.39 is 0 Å². The predicted octanol–water partition coefficient (Wildman–Crippen LogP) is 0.599. The van der Waals surface area contributed by atoms with E-state index in [1.54, 1.807) is 4.90 Å². The van der Waals surface area contributed by atoms with Crippen molar-refractivity contribution >= 4 is 6.03 Å². The SMILES string of the molecule is CNCC1CCCN(C(=O)N(C)C)C1. The van der Waals surface area contributed by atoms with E-state index in [0.29, 0.717) is 5.92 Å². The molecule has 0 aromatic heterocycles. The van der Waals surface area contributed by atoms with Crippen LogP contribution in [0.3, 0.4) is 0 Å². The van der Waals surface area contributed by atoms with Crippen molar-refractivity contribution in [2.75, 3.05) is 40.8 Å². The predicted molar refractivity (Wildman–Crippen MR) is 57.3 cm³/mol. The van der Waals surface area contributed by atoms with E-state index in [1.807, 2.05) is 26.0 Å². The number of amides is 2. The summed E-state index contributed by atoms with van der Waals surface area (Å²) in [6, 6.07) is 0.144. The van der Waals surface area contributed by atoms with Gasteiger partial charge in [-0.3, -0.25) is 0 Å². The van der Waals surface area contributed by atoms with Crippen molar-refractivity contribution in [2.24, 2.45) is 5.92 Å². The summed E-state index contributed by atoms with van der Waals surface area (Å²) < 4.78 is 0. The number of hydrogen-bond donors (Lipinski definition) is 1. The normalized spacial score (nSPS) is 22.2. The number of urea groups is 1. The molecule has 1 aliphatic heterocycles. The molecule has 4 heteroatoms. The fourth-order valence-electron chi connectivity index (χ4n) is 1.98. The minimum absolute atomic E-state index is 0.144. The lowest BCUT2D eigenvalue weighted by molar-refractivity contribution is 0.142. The van der Waals surface area contributed by atoms with Crippen LogP contribution in [0.1, 0.15) is 12.8 Å². The molecule has 1 fully saturated rings. The highest BCUT2D eigenvalue weighted by molar-refractivity contribution is 5.73. The Morgan fingerprint density at radius 2 is 2.29 bits per heavy atom. The zero-order valence-electron chi connectivity index (χ0n) is 9.42. The minimum atomic E-state index is 0.144.